The van der Waals surface area contributed by atoms with Crippen LogP contribution < -0.4 is 5.32 Å². The van der Waals surface area contributed by atoms with Gasteiger partial charge in [0, 0.05) is 28.9 Å². The molecule has 0 saturated heterocycles. The first-order valence-electron chi connectivity index (χ1n) is 6.00. The zero-order valence-corrected chi connectivity index (χ0v) is 12.2. The van der Waals surface area contributed by atoms with Crippen molar-refractivity contribution >= 4 is 22.6 Å². The van der Waals surface area contributed by atoms with E-state index < -0.39 is 28.6 Å². The molecule has 0 aliphatic rings. The molecule has 2 N–H and O–H groups in total. The van der Waals surface area contributed by atoms with Gasteiger partial charge in [0.05, 0.1) is 0 Å². The topological polar surface area (TPSA) is 79.3 Å². The van der Waals surface area contributed by atoms with E-state index >= 15 is 0 Å². The number of hydrogen-bond donors (Lipinski definition) is 2. The molecule has 1 aromatic heterocycles. The zero-order chi connectivity index (χ0) is 16.2. The Morgan fingerprint density at radius 1 is 1.48 bits per heavy atom. The molecule has 0 bridgehead atoms. The van der Waals surface area contributed by atoms with Gasteiger partial charge in [0.1, 0.15) is 17.1 Å². The third kappa shape index (κ3) is 5.00. The van der Waals surface area contributed by atoms with Gasteiger partial charge in [0.2, 0.25) is 0 Å². The summed E-state index contributed by atoms with van der Waals surface area (Å²) in [6, 6.07) is 1.49. The normalized spacial score (nSPS) is 14.5. The Labute approximate surface area is 122 Å². The second kappa shape index (κ2) is 6.88. The molecule has 0 aliphatic carbocycles. The zero-order valence-electron chi connectivity index (χ0n) is 11.4. The molecular weight excluding hydrogens is 309 g/mol. The number of anilines is 1. The number of carboxylic acids is 1. The van der Waals surface area contributed by atoms with Gasteiger partial charge in [-0.25, -0.2) is 9.78 Å². The lowest BCUT2D eigenvalue weighted by atomic mass is 10.2. The fourth-order valence-corrected chi connectivity index (χ4v) is 1.93. The van der Waals surface area contributed by atoms with E-state index in [1.54, 1.807) is 6.92 Å². The molecule has 1 rings (SSSR count). The van der Waals surface area contributed by atoms with Gasteiger partial charge in [0.25, 0.3) is 0 Å². The van der Waals surface area contributed by atoms with Crippen LogP contribution in [0, 0.1) is 0 Å². The third-order valence-electron chi connectivity index (χ3n) is 2.83. The summed E-state index contributed by atoms with van der Waals surface area (Å²) in [5, 5.41) is 11.4. The molecule has 0 amide bonds. The van der Waals surface area contributed by atoms with E-state index in [2.05, 4.69) is 10.3 Å². The SMILES string of the molecule is CC(CCNc1nc(C(F)(F)F)ccc1C(=O)O)S(C)=O. The molecule has 21 heavy (non-hydrogen) atoms. The van der Waals surface area contributed by atoms with E-state index in [4.69, 9.17) is 5.11 Å². The van der Waals surface area contributed by atoms with Crippen LogP contribution >= 0.6 is 0 Å². The molecule has 0 fully saturated rings. The Kier molecular flexibility index (Phi) is 5.70. The number of aromatic nitrogens is 1. The highest BCUT2D eigenvalue weighted by atomic mass is 32.2. The average molecular weight is 324 g/mol. The summed E-state index contributed by atoms with van der Waals surface area (Å²) in [4.78, 5) is 14.3. The van der Waals surface area contributed by atoms with Crippen LogP contribution in [-0.2, 0) is 17.0 Å². The number of carboxylic acid groups (broad SMARTS) is 1. The monoisotopic (exact) mass is 324 g/mol. The average Bonchev–Trinajstić information content (AvgIpc) is 2.36. The molecule has 2 atom stereocenters. The highest BCUT2D eigenvalue weighted by Gasteiger charge is 2.33. The first-order valence-corrected chi connectivity index (χ1v) is 7.62. The van der Waals surface area contributed by atoms with E-state index in [9.17, 15) is 22.2 Å². The van der Waals surface area contributed by atoms with Crippen LogP contribution in [-0.4, -0.2) is 38.3 Å². The van der Waals surface area contributed by atoms with Gasteiger partial charge in [-0.2, -0.15) is 13.2 Å². The molecule has 1 aromatic rings. The van der Waals surface area contributed by atoms with Crippen molar-refractivity contribution in [2.24, 2.45) is 0 Å². The fourth-order valence-electron chi connectivity index (χ4n) is 1.48. The summed E-state index contributed by atoms with van der Waals surface area (Å²) >= 11 is 0. The first kappa shape index (κ1) is 17.4. The lowest BCUT2D eigenvalue weighted by Crippen LogP contribution is -2.18. The molecule has 1 heterocycles. The molecule has 0 saturated carbocycles. The summed E-state index contributed by atoms with van der Waals surface area (Å²) in [6.45, 7) is 1.91. The van der Waals surface area contributed by atoms with Crippen molar-refractivity contribution in [3.05, 3.63) is 23.4 Å². The number of carbonyl (C=O) groups is 1. The minimum Gasteiger partial charge on any atom is -0.478 e. The van der Waals surface area contributed by atoms with Crippen molar-refractivity contribution in [1.29, 1.82) is 0 Å². The van der Waals surface area contributed by atoms with Crippen LogP contribution in [0.1, 0.15) is 29.4 Å². The molecule has 0 aliphatic heterocycles. The number of halogens is 3. The summed E-state index contributed by atoms with van der Waals surface area (Å²) in [5.41, 5.74) is -1.50. The summed E-state index contributed by atoms with van der Waals surface area (Å²) in [6.07, 6.45) is -2.71. The number of hydrogen-bond acceptors (Lipinski definition) is 4. The second-order valence-corrected chi connectivity index (χ2v) is 6.22. The van der Waals surface area contributed by atoms with Gasteiger partial charge in [-0.05, 0) is 18.6 Å². The molecule has 0 spiro atoms. The van der Waals surface area contributed by atoms with E-state index in [0.717, 1.165) is 6.07 Å². The fraction of sp³-hybridized carbons (Fsp3) is 0.500. The molecule has 0 radical (unpaired) electrons. The maximum absolute atomic E-state index is 12.6. The van der Waals surface area contributed by atoms with Crippen molar-refractivity contribution in [2.45, 2.75) is 24.8 Å². The van der Waals surface area contributed by atoms with Crippen LogP contribution in [0.25, 0.3) is 0 Å². The minimum absolute atomic E-state index is 0.156. The predicted molar refractivity (Wildman–Crippen MR) is 72.8 cm³/mol. The summed E-state index contributed by atoms with van der Waals surface area (Å²) in [5.74, 6) is -1.71. The molecule has 118 valence electrons. The highest BCUT2D eigenvalue weighted by molar-refractivity contribution is 7.84. The number of aromatic carboxylic acids is 1. The second-order valence-electron chi connectivity index (χ2n) is 4.42. The Bertz CT molecular complexity index is 549. The number of rotatable bonds is 6. The molecule has 9 heteroatoms. The minimum atomic E-state index is -4.65. The van der Waals surface area contributed by atoms with Crippen LogP contribution in [0.2, 0.25) is 0 Å². The third-order valence-corrected chi connectivity index (χ3v) is 4.20. The maximum atomic E-state index is 12.6. The Balaban J connectivity index is 2.92. The van der Waals surface area contributed by atoms with Gasteiger partial charge in [0.15, 0.2) is 0 Å². The van der Waals surface area contributed by atoms with E-state index in [-0.39, 0.29) is 23.2 Å². The van der Waals surface area contributed by atoms with Crippen LogP contribution in [0.4, 0.5) is 19.0 Å². The van der Waals surface area contributed by atoms with Crippen molar-refractivity contribution in [1.82, 2.24) is 4.98 Å². The van der Waals surface area contributed by atoms with Gasteiger partial charge in [-0.15, -0.1) is 0 Å². The molecular formula is C12H15F3N2O3S. The summed E-state index contributed by atoms with van der Waals surface area (Å²) < 4.78 is 48.9. The Morgan fingerprint density at radius 2 is 2.10 bits per heavy atom. The first-order chi connectivity index (χ1) is 9.62. The van der Waals surface area contributed by atoms with Gasteiger partial charge in [-0.3, -0.25) is 4.21 Å². The standard InChI is InChI=1S/C12H15F3N2O3S/c1-7(21(2)20)5-6-16-10-8(11(18)19)3-4-9(17-10)12(13,14)15/h3-4,7H,5-6H2,1-2H3,(H,16,17)(H,18,19). The smallest absolute Gasteiger partial charge is 0.433 e. The number of alkyl halides is 3. The lowest BCUT2D eigenvalue weighted by Gasteiger charge is -2.13. The van der Waals surface area contributed by atoms with Crippen molar-refractivity contribution in [3.63, 3.8) is 0 Å². The van der Waals surface area contributed by atoms with Crippen molar-refractivity contribution in [3.8, 4) is 0 Å². The quantitative estimate of drug-likeness (QED) is 0.840. The number of nitrogens with one attached hydrogen (secondary N) is 1. The molecule has 0 aromatic carbocycles. The van der Waals surface area contributed by atoms with Crippen LogP contribution in [0.15, 0.2) is 12.1 Å². The number of pyridine rings is 1. The van der Waals surface area contributed by atoms with E-state index in [1.807, 2.05) is 0 Å². The maximum Gasteiger partial charge on any atom is 0.433 e. The van der Waals surface area contributed by atoms with Crippen LogP contribution in [0.5, 0.6) is 0 Å². The summed E-state index contributed by atoms with van der Waals surface area (Å²) in [7, 11) is -1.06. The largest absolute Gasteiger partial charge is 0.478 e. The Morgan fingerprint density at radius 3 is 2.57 bits per heavy atom. The lowest BCUT2D eigenvalue weighted by molar-refractivity contribution is -0.141. The predicted octanol–water partition coefficient (Wildman–Crippen LogP) is 2.37. The van der Waals surface area contributed by atoms with Crippen LogP contribution in [0.3, 0.4) is 0 Å². The number of nitrogens with zero attached hydrogens (tertiary/aromatic N) is 1. The van der Waals surface area contributed by atoms with Crippen molar-refractivity contribution < 1.29 is 27.3 Å². The molecule has 2 unspecified atom stereocenters. The van der Waals surface area contributed by atoms with Gasteiger partial charge >= 0.3 is 12.1 Å². The van der Waals surface area contributed by atoms with E-state index in [1.165, 1.54) is 6.26 Å². The van der Waals surface area contributed by atoms with Gasteiger partial charge in [-0.1, -0.05) is 6.92 Å². The van der Waals surface area contributed by atoms with Crippen molar-refractivity contribution in [2.75, 3.05) is 18.1 Å². The van der Waals surface area contributed by atoms with E-state index in [0.29, 0.717) is 12.5 Å². The van der Waals surface area contributed by atoms with Gasteiger partial charge < -0.3 is 10.4 Å². The Hall–Kier alpha value is -1.64. The molecule has 5 nitrogen and oxygen atoms in total. The highest BCUT2D eigenvalue weighted by Crippen LogP contribution is 2.29.